The van der Waals surface area contributed by atoms with Gasteiger partial charge in [0.2, 0.25) is 0 Å². The number of rotatable bonds is 3. The van der Waals surface area contributed by atoms with E-state index in [1.54, 1.807) is 24.6 Å². The van der Waals surface area contributed by atoms with Gasteiger partial charge in [-0.1, -0.05) is 26.5 Å². The number of nitrogens with zero attached hydrogens (tertiary/aromatic N) is 1. The van der Waals surface area contributed by atoms with Crippen molar-refractivity contribution in [1.29, 1.82) is 0 Å². The lowest BCUT2D eigenvalue weighted by Gasteiger charge is -2.05. The van der Waals surface area contributed by atoms with Gasteiger partial charge in [-0.3, -0.25) is 0 Å². The van der Waals surface area contributed by atoms with Gasteiger partial charge >= 0.3 is 0 Å². The molecule has 3 heteroatoms. The summed E-state index contributed by atoms with van der Waals surface area (Å²) in [5, 5.41) is 2.97. The quantitative estimate of drug-likeness (QED) is 0.797. The lowest BCUT2D eigenvalue weighted by atomic mass is 10.1. The second-order valence-electron chi connectivity index (χ2n) is 2.99. The summed E-state index contributed by atoms with van der Waals surface area (Å²) in [5.74, 6) is 0.838. The van der Waals surface area contributed by atoms with Gasteiger partial charge in [-0.2, -0.15) is 0 Å². The second-order valence-corrected chi connectivity index (χ2v) is 3.89. The topological polar surface area (TPSA) is 22.1 Å². The smallest absolute Gasteiger partial charge is 0.123 e. The molecule has 2 rings (SSSR count). The number of benzene rings is 1. The van der Waals surface area contributed by atoms with Gasteiger partial charge in [-0.15, -0.1) is 11.3 Å². The van der Waals surface area contributed by atoms with E-state index in [1.807, 2.05) is 43.5 Å². The van der Waals surface area contributed by atoms with Gasteiger partial charge in [0.1, 0.15) is 10.8 Å². The van der Waals surface area contributed by atoms with Crippen LogP contribution in [0, 0.1) is 0 Å². The number of hydrogen-bond donors (Lipinski definition) is 0. The van der Waals surface area contributed by atoms with Crippen LogP contribution in [0.5, 0.6) is 5.75 Å². The molecule has 2 nitrogen and oxygen atoms in total. The van der Waals surface area contributed by atoms with Gasteiger partial charge < -0.3 is 4.74 Å². The van der Waals surface area contributed by atoms with Crippen LogP contribution in [0.1, 0.15) is 19.4 Å². The average molecular weight is 247 g/mol. The Labute approximate surface area is 107 Å². The zero-order valence-corrected chi connectivity index (χ0v) is 11.3. The first-order chi connectivity index (χ1) is 8.35. The van der Waals surface area contributed by atoms with Crippen molar-refractivity contribution in [2.75, 3.05) is 7.11 Å². The van der Waals surface area contributed by atoms with Crippen LogP contribution < -0.4 is 4.74 Å². The molecule has 1 aromatic carbocycles. The van der Waals surface area contributed by atoms with Crippen LogP contribution in [0.15, 0.2) is 36.4 Å². The highest BCUT2D eigenvalue weighted by atomic mass is 32.1. The predicted molar refractivity (Wildman–Crippen MR) is 75.5 cm³/mol. The van der Waals surface area contributed by atoms with Crippen LogP contribution in [-0.4, -0.2) is 12.1 Å². The molecule has 0 atom stereocenters. The van der Waals surface area contributed by atoms with Crippen molar-refractivity contribution < 1.29 is 4.74 Å². The zero-order chi connectivity index (χ0) is 12.7. The van der Waals surface area contributed by atoms with Crippen molar-refractivity contribution in [3.63, 3.8) is 0 Å². The molecule has 0 N–H and O–H groups in total. The summed E-state index contributed by atoms with van der Waals surface area (Å²) in [4.78, 5) is 4.28. The van der Waals surface area contributed by atoms with Gasteiger partial charge in [0.15, 0.2) is 0 Å². The first-order valence-electron chi connectivity index (χ1n) is 5.55. The molecule has 0 aliphatic carbocycles. The highest BCUT2D eigenvalue weighted by molar-refractivity contribution is 7.13. The minimum atomic E-state index is 0.838. The summed E-state index contributed by atoms with van der Waals surface area (Å²) in [7, 11) is 1.66. The standard InChI is InChI=1S/C12H11NOS.C2H6/c1-3-9-8-10(14-2)4-5-11(9)12-13-6-7-15-12;1-2/h3-8H,1H2,2H3;1-2H3. The van der Waals surface area contributed by atoms with Crippen molar-refractivity contribution in [2.45, 2.75) is 13.8 Å². The number of hydrogen-bond acceptors (Lipinski definition) is 3. The van der Waals surface area contributed by atoms with E-state index in [-0.39, 0.29) is 0 Å². The van der Waals surface area contributed by atoms with Gasteiger partial charge in [0.05, 0.1) is 7.11 Å². The van der Waals surface area contributed by atoms with Gasteiger partial charge in [0.25, 0.3) is 0 Å². The molecule has 2 aromatic rings. The van der Waals surface area contributed by atoms with E-state index < -0.39 is 0 Å². The number of aromatic nitrogens is 1. The Bertz CT molecular complexity index is 463. The molecule has 1 aromatic heterocycles. The van der Waals surface area contributed by atoms with Crippen LogP contribution in [0.25, 0.3) is 16.6 Å². The highest BCUT2D eigenvalue weighted by Gasteiger charge is 2.06. The number of thiazole rings is 1. The maximum Gasteiger partial charge on any atom is 0.123 e. The molecule has 0 aliphatic heterocycles. The van der Waals surface area contributed by atoms with Crippen molar-refractivity contribution in [1.82, 2.24) is 4.98 Å². The fourth-order valence-corrected chi connectivity index (χ4v) is 2.07. The molecule has 0 saturated heterocycles. The van der Waals surface area contributed by atoms with E-state index in [9.17, 15) is 0 Å². The van der Waals surface area contributed by atoms with Crippen molar-refractivity contribution >= 4 is 17.4 Å². The van der Waals surface area contributed by atoms with Gasteiger partial charge in [-0.05, 0) is 23.8 Å². The van der Waals surface area contributed by atoms with Gasteiger partial charge in [-0.25, -0.2) is 4.98 Å². The van der Waals surface area contributed by atoms with Crippen LogP contribution in [0.4, 0.5) is 0 Å². The minimum absolute atomic E-state index is 0.838. The lowest BCUT2D eigenvalue weighted by Crippen LogP contribution is -1.86. The molecular weight excluding hydrogens is 230 g/mol. The van der Waals surface area contributed by atoms with E-state index in [0.29, 0.717) is 0 Å². The van der Waals surface area contributed by atoms with Crippen LogP contribution >= 0.6 is 11.3 Å². The maximum absolute atomic E-state index is 5.16. The number of ether oxygens (including phenoxy) is 1. The summed E-state index contributed by atoms with van der Waals surface area (Å²) in [5.41, 5.74) is 2.14. The Kier molecular flexibility index (Phi) is 5.43. The molecule has 0 saturated carbocycles. The van der Waals surface area contributed by atoms with E-state index in [0.717, 1.165) is 21.9 Å². The molecule has 1 heterocycles. The van der Waals surface area contributed by atoms with Crippen LogP contribution in [0.2, 0.25) is 0 Å². The molecule has 0 bridgehead atoms. The summed E-state index contributed by atoms with van der Waals surface area (Å²) < 4.78 is 5.16. The molecule has 0 spiro atoms. The summed E-state index contributed by atoms with van der Waals surface area (Å²) in [6.07, 6.45) is 3.62. The predicted octanol–water partition coefficient (Wildman–Crippen LogP) is 4.49. The third-order valence-corrected chi connectivity index (χ3v) is 2.95. The largest absolute Gasteiger partial charge is 0.497 e. The Morgan fingerprint density at radius 3 is 2.65 bits per heavy atom. The Hall–Kier alpha value is -1.61. The average Bonchev–Trinajstić information content (AvgIpc) is 2.94. The normalized spacial score (nSPS) is 9.12. The highest BCUT2D eigenvalue weighted by Crippen LogP contribution is 2.29. The Morgan fingerprint density at radius 2 is 2.12 bits per heavy atom. The Morgan fingerprint density at radius 1 is 1.35 bits per heavy atom. The summed E-state index contributed by atoms with van der Waals surface area (Å²) >= 11 is 1.62. The first kappa shape index (κ1) is 13.5. The summed E-state index contributed by atoms with van der Waals surface area (Å²) in [6, 6.07) is 5.90. The molecule has 0 amide bonds. The van der Waals surface area contributed by atoms with Gasteiger partial charge in [0, 0.05) is 17.1 Å². The lowest BCUT2D eigenvalue weighted by molar-refractivity contribution is 0.415. The SMILES string of the molecule is C=Cc1cc(OC)ccc1-c1nccs1.CC. The first-order valence-corrected chi connectivity index (χ1v) is 6.43. The zero-order valence-electron chi connectivity index (χ0n) is 10.4. The van der Waals surface area contributed by atoms with Crippen LogP contribution in [-0.2, 0) is 0 Å². The van der Waals surface area contributed by atoms with Crippen molar-refractivity contribution in [2.24, 2.45) is 0 Å². The van der Waals surface area contributed by atoms with Crippen molar-refractivity contribution in [3.8, 4) is 16.3 Å². The van der Waals surface area contributed by atoms with E-state index >= 15 is 0 Å². The molecule has 0 unspecified atom stereocenters. The molecule has 0 fully saturated rings. The molecule has 90 valence electrons. The number of methoxy groups -OCH3 is 1. The van der Waals surface area contributed by atoms with Crippen LogP contribution in [0.3, 0.4) is 0 Å². The van der Waals surface area contributed by atoms with E-state index in [4.69, 9.17) is 4.74 Å². The fraction of sp³-hybridized carbons (Fsp3) is 0.214. The van der Waals surface area contributed by atoms with E-state index in [1.165, 1.54) is 0 Å². The molecular formula is C14H17NOS. The second kappa shape index (κ2) is 6.86. The fourth-order valence-electron chi connectivity index (χ4n) is 1.39. The third-order valence-electron chi connectivity index (χ3n) is 2.14. The Balaban J connectivity index is 0.000000686. The van der Waals surface area contributed by atoms with E-state index in [2.05, 4.69) is 11.6 Å². The summed E-state index contributed by atoms with van der Waals surface area (Å²) in [6.45, 7) is 7.80. The third kappa shape index (κ3) is 3.17. The maximum atomic E-state index is 5.16. The molecule has 0 aliphatic rings. The minimum Gasteiger partial charge on any atom is -0.497 e. The molecule has 0 radical (unpaired) electrons. The molecule has 17 heavy (non-hydrogen) atoms. The monoisotopic (exact) mass is 247 g/mol. The van der Waals surface area contributed by atoms with Crippen molar-refractivity contribution in [3.05, 3.63) is 41.9 Å².